The van der Waals surface area contributed by atoms with E-state index >= 15 is 0 Å². The molecule has 0 aromatic carbocycles. The molecule has 1 heterocycles. The maximum atomic E-state index is 11.6. The minimum Gasteiger partial charge on any atom is -0.383 e. The second kappa shape index (κ2) is 8.44. The quantitative estimate of drug-likeness (QED) is 0.621. The molecule has 17 heavy (non-hydrogen) atoms. The van der Waals surface area contributed by atoms with Gasteiger partial charge in [-0.25, -0.2) is 0 Å². The van der Waals surface area contributed by atoms with Gasteiger partial charge in [-0.2, -0.15) is 0 Å². The molecule has 1 saturated heterocycles. The molecule has 0 spiro atoms. The summed E-state index contributed by atoms with van der Waals surface area (Å²) >= 11 is 0. The predicted octanol–water partition coefficient (Wildman–Crippen LogP) is -0.177. The molecule has 0 aromatic heterocycles. The molecule has 5 heteroatoms. The van der Waals surface area contributed by atoms with E-state index in [1.807, 2.05) is 6.92 Å². The van der Waals surface area contributed by atoms with Gasteiger partial charge in [-0.3, -0.25) is 9.69 Å². The van der Waals surface area contributed by atoms with Crippen LogP contribution in [0.5, 0.6) is 0 Å². The standard InChI is InChI=1S/C12H25N3O2/c1-3-13-12(16)10-15(7-8-17-2)9-11-5-4-6-14-11/h11,14H,3-10H2,1-2H3,(H,13,16). The van der Waals surface area contributed by atoms with Crippen LogP contribution < -0.4 is 10.6 Å². The van der Waals surface area contributed by atoms with Gasteiger partial charge in [0.2, 0.25) is 5.91 Å². The molecule has 2 N–H and O–H groups in total. The number of hydrogen-bond acceptors (Lipinski definition) is 4. The number of likely N-dealkylation sites (N-methyl/N-ethyl adjacent to an activating group) is 1. The summed E-state index contributed by atoms with van der Waals surface area (Å²) in [7, 11) is 1.69. The van der Waals surface area contributed by atoms with Gasteiger partial charge in [0, 0.05) is 32.8 Å². The van der Waals surface area contributed by atoms with Crippen LogP contribution in [-0.4, -0.2) is 63.3 Å². The highest BCUT2D eigenvalue weighted by Crippen LogP contribution is 2.06. The predicted molar refractivity (Wildman–Crippen MR) is 68.0 cm³/mol. The number of carbonyl (C=O) groups is 1. The molecule has 0 radical (unpaired) electrons. The highest BCUT2D eigenvalue weighted by molar-refractivity contribution is 5.77. The van der Waals surface area contributed by atoms with Gasteiger partial charge in [0.15, 0.2) is 0 Å². The molecule has 0 aliphatic carbocycles. The number of nitrogens with zero attached hydrogens (tertiary/aromatic N) is 1. The molecule has 1 amide bonds. The van der Waals surface area contributed by atoms with Gasteiger partial charge in [-0.15, -0.1) is 0 Å². The zero-order valence-corrected chi connectivity index (χ0v) is 11.0. The van der Waals surface area contributed by atoms with Gasteiger partial charge in [0.25, 0.3) is 0 Å². The third-order valence-electron chi connectivity index (χ3n) is 2.99. The maximum Gasteiger partial charge on any atom is 0.234 e. The summed E-state index contributed by atoms with van der Waals surface area (Å²) in [4.78, 5) is 13.7. The molecule has 0 aromatic rings. The number of rotatable bonds is 8. The largest absolute Gasteiger partial charge is 0.383 e. The Bertz CT molecular complexity index is 218. The minimum absolute atomic E-state index is 0.0987. The fourth-order valence-corrected chi connectivity index (χ4v) is 2.14. The average Bonchev–Trinajstić information content (AvgIpc) is 2.79. The SMILES string of the molecule is CCNC(=O)CN(CCOC)CC1CCCN1. The van der Waals surface area contributed by atoms with Crippen molar-refractivity contribution in [2.24, 2.45) is 0 Å². The normalized spacial score (nSPS) is 19.8. The number of hydrogen-bond donors (Lipinski definition) is 2. The molecule has 0 saturated carbocycles. The highest BCUT2D eigenvalue weighted by atomic mass is 16.5. The summed E-state index contributed by atoms with van der Waals surface area (Å²) in [5.74, 6) is 0.0987. The number of carbonyl (C=O) groups excluding carboxylic acids is 1. The van der Waals surface area contributed by atoms with E-state index in [9.17, 15) is 4.79 Å². The summed E-state index contributed by atoms with van der Waals surface area (Å²) in [6, 6.07) is 0.529. The van der Waals surface area contributed by atoms with Crippen LogP contribution in [0.15, 0.2) is 0 Å². The number of methoxy groups -OCH3 is 1. The summed E-state index contributed by atoms with van der Waals surface area (Å²) in [5, 5.41) is 6.29. The van der Waals surface area contributed by atoms with E-state index in [4.69, 9.17) is 4.74 Å². The lowest BCUT2D eigenvalue weighted by atomic mass is 10.2. The number of ether oxygens (including phenoxy) is 1. The van der Waals surface area contributed by atoms with Crippen LogP contribution in [0.3, 0.4) is 0 Å². The van der Waals surface area contributed by atoms with Gasteiger partial charge in [-0.05, 0) is 26.3 Å². The monoisotopic (exact) mass is 243 g/mol. The Balaban J connectivity index is 2.32. The Hall–Kier alpha value is -0.650. The Morgan fingerprint density at radius 3 is 3.00 bits per heavy atom. The van der Waals surface area contributed by atoms with Crippen molar-refractivity contribution in [3.05, 3.63) is 0 Å². The van der Waals surface area contributed by atoms with Crippen molar-refractivity contribution in [3.8, 4) is 0 Å². The number of nitrogens with one attached hydrogen (secondary N) is 2. The molecule has 5 nitrogen and oxygen atoms in total. The third-order valence-corrected chi connectivity index (χ3v) is 2.99. The van der Waals surface area contributed by atoms with E-state index in [2.05, 4.69) is 15.5 Å². The van der Waals surface area contributed by atoms with Crippen molar-refractivity contribution in [3.63, 3.8) is 0 Å². The summed E-state index contributed by atoms with van der Waals surface area (Å²) in [5.41, 5.74) is 0. The molecule has 0 bridgehead atoms. The molecular formula is C12H25N3O2. The van der Waals surface area contributed by atoms with Crippen molar-refractivity contribution < 1.29 is 9.53 Å². The molecule has 1 atom stereocenters. The lowest BCUT2D eigenvalue weighted by Gasteiger charge is -2.24. The van der Waals surface area contributed by atoms with Crippen LogP contribution in [0.2, 0.25) is 0 Å². The lowest BCUT2D eigenvalue weighted by molar-refractivity contribution is -0.122. The Labute approximate surface area is 104 Å². The van der Waals surface area contributed by atoms with Gasteiger partial charge in [-0.1, -0.05) is 0 Å². The van der Waals surface area contributed by atoms with Crippen LogP contribution >= 0.6 is 0 Å². The molecular weight excluding hydrogens is 218 g/mol. The van der Waals surface area contributed by atoms with E-state index in [0.29, 0.717) is 25.7 Å². The van der Waals surface area contributed by atoms with Gasteiger partial charge in [0.1, 0.15) is 0 Å². The summed E-state index contributed by atoms with van der Waals surface area (Å²) in [6.07, 6.45) is 2.45. The first-order chi connectivity index (χ1) is 8.26. The smallest absolute Gasteiger partial charge is 0.234 e. The van der Waals surface area contributed by atoms with Crippen LogP contribution in [0.4, 0.5) is 0 Å². The van der Waals surface area contributed by atoms with E-state index < -0.39 is 0 Å². The van der Waals surface area contributed by atoms with Crippen molar-refractivity contribution in [1.29, 1.82) is 0 Å². The fourth-order valence-electron chi connectivity index (χ4n) is 2.14. The van der Waals surface area contributed by atoms with E-state index in [1.54, 1.807) is 7.11 Å². The van der Waals surface area contributed by atoms with Crippen molar-refractivity contribution >= 4 is 5.91 Å². The van der Waals surface area contributed by atoms with Crippen molar-refractivity contribution in [2.45, 2.75) is 25.8 Å². The maximum absolute atomic E-state index is 11.6. The Morgan fingerprint density at radius 2 is 2.41 bits per heavy atom. The summed E-state index contributed by atoms with van der Waals surface area (Å²) < 4.78 is 5.08. The first kappa shape index (κ1) is 14.4. The lowest BCUT2D eigenvalue weighted by Crippen LogP contribution is -2.44. The Kier molecular flexibility index (Phi) is 7.16. The average molecular weight is 243 g/mol. The van der Waals surface area contributed by atoms with Crippen molar-refractivity contribution in [2.75, 3.05) is 46.4 Å². The minimum atomic E-state index is 0.0987. The molecule has 1 aliphatic rings. The van der Waals surface area contributed by atoms with Gasteiger partial charge >= 0.3 is 0 Å². The number of amides is 1. The molecule has 1 fully saturated rings. The van der Waals surface area contributed by atoms with Gasteiger partial charge in [0.05, 0.1) is 13.2 Å². The van der Waals surface area contributed by atoms with Crippen LogP contribution in [0.25, 0.3) is 0 Å². The highest BCUT2D eigenvalue weighted by Gasteiger charge is 2.19. The molecule has 1 aliphatic heterocycles. The van der Waals surface area contributed by atoms with Crippen LogP contribution in [0.1, 0.15) is 19.8 Å². The molecule has 1 rings (SSSR count). The fraction of sp³-hybridized carbons (Fsp3) is 0.917. The van der Waals surface area contributed by atoms with Crippen LogP contribution in [0, 0.1) is 0 Å². The van der Waals surface area contributed by atoms with E-state index in [0.717, 1.165) is 19.6 Å². The Morgan fingerprint density at radius 1 is 1.59 bits per heavy atom. The second-order valence-corrected chi connectivity index (χ2v) is 4.47. The first-order valence-electron chi connectivity index (χ1n) is 6.47. The van der Waals surface area contributed by atoms with E-state index in [1.165, 1.54) is 12.8 Å². The topological polar surface area (TPSA) is 53.6 Å². The van der Waals surface area contributed by atoms with Gasteiger partial charge < -0.3 is 15.4 Å². The zero-order valence-electron chi connectivity index (χ0n) is 11.0. The third kappa shape index (κ3) is 6.00. The molecule has 100 valence electrons. The molecule has 1 unspecified atom stereocenters. The van der Waals surface area contributed by atoms with E-state index in [-0.39, 0.29) is 5.91 Å². The second-order valence-electron chi connectivity index (χ2n) is 4.47. The van der Waals surface area contributed by atoms with Crippen LogP contribution in [-0.2, 0) is 9.53 Å². The first-order valence-corrected chi connectivity index (χ1v) is 6.47. The van der Waals surface area contributed by atoms with Crippen molar-refractivity contribution in [1.82, 2.24) is 15.5 Å². The zero-order chi connectivity index (χ0) is 12.5. The summed E-state index contributed by atoms with van der Waals surface area (Å²) in [6.45, 7) is 6.62.